The molecule has 8 nitrogen and oxygen atoms in total. The first-order valence-electron chi connectivity index (χ1n) is 7.94. The molecular weight excluding hydrogens is 296 g/mol. The molecule has 3 heterocycles. The van der Waals surface area contributed by atoms with Crippen molar-refractivity contribution in [3.63, 3.8) is 0 Å². The van der Waals surface area contributed by atoms with Crippen LogP contribution in [-0.2, 0) is 18.3 Å². The Kier molecular flexibility index (Phi) is 4.42. The van der Waals surface area contributed by atoms with Crippen LogP contribution < -0.4 is 5.32 Å². The highest BCUT2D eigenvalue weighted by Crippen LogP contribution is 2.29. The average molecular weight is 318 g/mol. The fraction of sp³-hybridized carbons (Fsp3) is 0.600. The first-order chi connectivity index (χ1) is 11.1. The van der Waals surface area contributed by atoms with Crippen LogP contribution in [0.2, 0.25) is 0 Å². The minimum absolute atomic E-state index is 0.0538. The normalized spacial score (nSPS) is 18.5. The largest absolute Gasteiger partial charge is 0.339 e. The first-order valence-corrected chi connectivity index (χ1v) is 7.94. The van der Waals surface area contributed by atoms with Gasteiger partial charge in [-0.3, -0.25) is 14.4 Å². The number of carbonyl (C=O) groups excluding carboxylic acids is 1. The smallest absolute Gasteiger partial charge is 0.239 e. The molecule has 1 aliphatic rings. The van der Waals surface area contributed by atoms with Crippen molar-refractivity contribution in [2.45, 2.75) is 39.2 Å². The van der Waals surface area contributed by atoms with Crippen LogP contribution in [0.4, 0.5) is 5.82 Å². The van der Waals surface area contributed by atoms with Crippen LogP contribution in [0.15, 0.2) is 10.6 Å². The highest BCUT2D eigenvalue weighted by Gasteiger charge is 2.31. The standard InChI is InChI=1S/C15H22N6O2/c1-4-14-17-15(19-23-14)11-6-5-7-21(11)9-13(22)16-12-8-10(2)18-20(12)3/h8,11H,4-7,9H2,1-3H3,(H,16,22)/t11-/m0/s1. The van der Waals surface area contributed by atoms with Gasteiger partial charge in [-0.15, -0.1) is 0 Å². The van der Waals surface area contributed by atoms with E-state index in [4.69, 9.17) is 4.52 Å². The van der Waals surface area contributed by atoms with E-state index in [9.17, 15) is 4.79 Å². The van der Waals surface area contributed by atoms with Crippen molar-refractivity contribution in [1.29, 1.82) is 0 Å². The van der Waals surface area contributed by atoms with Crippen LogP contribution in [-0.4, -0.2) is 43.8 Å². The van der Waals surface area contributed by atoms with E-state index in [1.165, 1.54) is 0 Å². The number of amides is 1. The number of aromatic nitrogens is 4. The second kappa shape index (κ2) is 6.49. The minimum atomic E-state index is -0.0564. The Morgan fingerprint density at radius 3 is 3.00 bits per heavy atom. The van der Waals surface area contributed by atoms with Gasteiger partial charge in [0.2, 0.25) is 11.8 Å². The van der Waals surface area contributed by atoms with E-state index < -0.39 is 0 Å². The Morgan fingerprint density at radius 1 is 1.52 bits per heavy atom. The van der Waals surface area contributed by atoms with Gasteiger partial charge in [-0.05, 0) is 26.3 Å². The summed E-state index contributed by atoms with van der Waals surface area (Å²) in [4.78, 5) is 18.8. The summed E-state index contributed by atoms with van der Waals surface area (Å²) < 4.78 is 6.86. The number of nitrogens with zero attached hydrogens (tertiary/aromatic N) is 5. The molecule has 8 heteroatoms. The summed E-state index contributed by atoms with van der Waals surface area (Å²) in [5.74, 6) is 1.97. The van der Waals surface area contributed by atoms with Gasteiger partial charge in [0.05, 0.1) is 18.3 Å². The lowest BCUT2D eigenvalue weighted by molar-refractivity contribution is -0.117. The van der Waals surface area contributed by atoms with Crippen LogP contribution in [0.3, 0.4) is 0 Å². The molecule has 1 fully saturated rings. The maximum absolute atomic E-state index is 12.3. The molecule has 1 saturated heterocycles. The highest BCUT2D eigenvalue weighted by atomic mass is 16.5. The van der Waals surface area contributed by atoms with Crippen LogP contribution >= 0.6 is 0 Å². The predicted molar refractivity (Wildman–Crippen MR) is 83.8 cm³/mol. The Labute approximate surface area is 134 Å². The quantitative estimate of drug-likeness (QED) is 0.897. The van der Waals surface area contributed by atoms with Gasteiger partial charge in [0.25, 0.3) is 0 Å². The van der Waals surface area contributed by atoms with Gasteiger partial charge in [0.15, 0.2) is 5.82 Å². The van der Waals surface area contributed by atoms with Gasteiger partial charge in [-0.1, -0.05) is 12.1 Å². The third kappa shape index (κ3) is 3.42. The Hall–Kier alpha value is -2.22. The number of aryl methyl sites for hydroxylation is 3. The third-order valence-electron chi connectivity index (χ3n) is 4.06. The number of nitrogens with one attached hydrogen (secondary N) is 1. The van der Waals surface area contributed by atoms with Crippen LogP contribution in [0, 0.1) is 6.92 Å². The molecule has 0 saturated carbocycles. The summed E-state index contributed by atoms with van der Waals surface area (Å²) in [6.07, 6.45) is 2.69. The maximum atomic E-state index is 12.3. The molecule has 1 aliphatic heterocycles. The average Bonchev–Trinajstić information content (AvgIpc) is 3.20. The molecule has 2 aromatic heterocycles. The molecule has 124 valence electrons. The minimum Gasteiger partial charge on any atom is -0.339 e. The van der Waals surface area contributed by atoms with Crippen molar-refractivity contribution in [1.82, 2.24) is 24.8 Å². The van der Waals surface area contributed by atoms with Gasteiger partial charge in [-0.2, -0.15) is 10.1 Å². The Bertz CT molecular complexity index is 692. The van der Waals surface area contributed by atoms with Crippen molar-refractivity contribution < 1.29 is 9.32 Å². The summed E-state index contributed by atoms with van der Waals surface area (Å²) in [6.45, 7) is 5.05. The molecule has 1 N–H and O–H groups in total. The summed E-state index contributed by atoms with van der Waals surface area (Å²) in [7, 11) is 1.81. The number of likely N-dealkylation sites (tertiary alicyclic amines) is 1. The van der Waals surface area contributed by atoms with Crippen LogP contribution in [0.25, 0.3) is 0 Å². The van der Waals surface area contributed by atoms with Crippen molar-refractivity contribution >= 4 is 11.7 Å². The summed E-state index contributed by atoms with van der Waals surface area (Å²) in [5, 5.41) is 11.2. The SMILES string of the molecule is CCc1nc([C@@H]2CCCN2CC(=O)Nc2cc(C)nn2C)no1. The van der Waals surface area contributed by atoms with Gasteiger partial charge in [0, 0.05) is 19.5 Å². The van der Waals surface area contributed by atoms with E-state index in [0.717, 1.165) is 31.5 Å². The molecule has 0 spiro atoms. The second-order valence-corrected chi connectivity index (χ2v) is 5.87. The van der Waals surface area contributed by atoms with Crippen molar-refractivity contribution in [3.8, 4) is 0 Å². The molecule has 23 heavy (non-hydrogen) atoms. The zero-order valence-corrected chi connectivity index (χ0v) is 13.7. The van der Waals surface area contributed by atoms with Crippen molar-refractivity contribution in [3.05, 3.63) is 23.5 Å². The predicted octanol–water partition coefficient (Wildman–Crippen LogP) is 1.45. The van der Waals surface area contributed by atoms with Gasteiger partial charge in [0.1, 0.15) is 5.82 Å². The number of hydrogen-bond donors (Lipinski definition) is 1. The van der Waals surface area contributed by atoms with E-state index in [-0.39, 0.29) is 11.9 Å². The van der Waals surface area contributed by atoms with Crippen molar-refractivity contribution in [2.75, 3.05) is 18.4 Å². The third-order valence-corrected chi connectivity index (χ3v) is 4.06. The molecule has 0 radical (unpaired) electrons. The van der Waals surface area contributed by atoms with Gasteiger partial charge < -0.3 is 9.84 Å². The lowest BCUT2D eigenvalue weighted by Crippen LogP contribution is -2.33. The van der Waals surface area contributed by atoms with E-state index in [2.05, 4.69) is 25.5 Å². The topological polar surface area (TPSA) is 89.1 Å². The lowest BCUT2D eigenvalue weighted by atomic mass is 10.2. The second-order valence-electron chi connectivity index (χ2n) is 5.87. The summed E-state index contributed by atoms with van der Waals surface area (Å²) in [5.41, 5.74) is 0.876. The lowest BCUT2D eigenvalue weighted by Gasteiger charge is -2.21. The van der Waals surface area contributed by atoms with Gasteiger partial charge in [-0.25, -0.2) is 0 Å². The van der Waals surface area contributed by atoms with Crippen LogP contribution in [0.1, 0.15) is 43.2 Å². The fourth-order valence-electron chi connectivity index (χ4n) is 2.95. The molecule has 2 aromatic rings. The zero-order chi connectivity index (χ0) is 16.4. The number of anilines is 1. The zero-order valence-electron chi connectivity index (χ0n) is 13.7. The monoisotopic (exact) mass is 318 g/mol. The molecule has 3 rings (SSSR count). The van der Waals surface area contributed by atoms with E-state index >= 15 is 0 Å². The number of rotatable bonds is 5. The number of hydrogen-bond acceptors (Lipinski definition) is 6. The molecule has 0 unspecified atom stereocenters. The highest BCUT2D eigenvalue weighted by molar-refractivity contribution is 5.91. The van der Waals surface area contributed by atoms with Gasteiger partial charge >= 0.3 is 0 Å². The molecule has 0 aliphatic carbocycles. The van der Waals surface area contributed by atoms with Crippen LogP contribution in [0.5, 0.6) is 0 Å². The molecule has 1 amide bonds. The molecule has 0 bridgehead atoms. The molecule has 0 aromatic carbocycles. The first kappa shape index (κ1) is 15.7. The fourth-order valence-corrected chi connectivity index (χ4v) is 2.95. The van der Waals surface area contributed by atoms with Crippen molar-refractivity contribution in [2.24, 2.45) is 7.05 Å². The van der Waals surface area contributed by atoms with E-state index in [0.29, 0.717) is 24.1 Å². The Balaban J connectivity index is 1.64. The Morgan fingerprint density at radius 2 is 2.35 bits per heavy atom. The molecular formula is C15H22N6O2. The molecule has 1 atom stereocenters. The van der Waals surface area contributed by atoms with E-state index in [1.807, 2.05) is 27.0 Å². The summed E-state index contributed by atoms with van der Waals surface area (Å²) in [6, 6.07) is 1.91. The maximum Gasteiger partial charge on any atom is 0.239 e. The van der Waals surface area contributed by atoms with E-state index in [1.54, 1.807) is 4.68 Å². The number of carbonyl (C=O) groups is 1. The summed E-state index contributed by atoms with van der Waals surface area (Å²) >= 11 is 0.